The highest BCUT2D eigenvalue weighted by Gasteiger charge is 2.58. The Morgan fingerprint density at radius 1 is 1.21 bits per heavy atom. The van der Waals surface area contributed by atoms with Crippen LogP contribution in [0.2, 0.25) is 0 Å². The molecule has 0 aromatic rings. The average Bonchev–Trinajstić information content (AvgIpc) is 2.86. The van der Waals surface area contributed by atoms with Gasteiger partial charge in [0.1, 0.15) is 0 Å². The summed E-state index contributed by atoms with van der Waals surface area (Å²) >= 11 is 0. The van der Waals surface area contributed by atoms with Gasteiger partial charge in [-0.1, -0.05) is 32.4 Å². The zero-order chi connectivity index (χ0) is 17.1. The first-order valence-electron chi connectivity index (χ1n) is 10.3. The van der Waals surface area contributed by atoms with Crippen LogP contribution >= 0.6 is 0 Å². The summed E-state index contributed by atoms with van der Waals surface area (Å²) < 4.78 is 0. The lowest BCUT2D eigenvalue weighted by Crippen LogP contribution is -2.51. The molecule has 0 N–H and O–H groups in total. The predicted octanol–water partition coefficient (Wildman–Crippen LogP) is 5.96. The van der Waals surface area contributed by atoms with Crippen molar-refractivity contribution < 1.29 is 4.79 Å². The number of hydrogen-bond donors (Lipinski definition) is 0. The Balaban J connectivity index is 1.65. The Bertz CT molecular complexity index is 587. The molecule has 24 heavy (non-hydrogen) atoms. The Hall–Kier alpha value is -0.850. The van der Waals surface area contributed by atoms with Gasteiger partial charge in [-0.3, -0.25) is 4.79 Å². The van der Waals surface area contributed by atoms with E-state index in [-0.39, 0.29) is 5.92 Å². The van der Waals surface area contributed by atoms with Gasteiger partial charge in [-0.25, -0.2) is 0 Å². The number of ketones is 1. The number of rotatable bonds is 2. The first-order chi connectivity index (χ1) is 11.4. The molecule has 0 bridgehead atoms. The SMILES string of the molecule is C=CC[C@H]1CC[C@H]2[C@@H]3CCC4=CC(=O)[C@H](C)C[C@]4(C)[C@H]3CC[C@]12C. The minimum Gasteiger partial charge on any atom is -0.295 e. The van der Waals surface area contributed by atoms with Gasteiger partial charge in [0.25, 0.3) is 0 Å². The lowest BCUT2D eigenvalue weighted by molar-refractivity contribution is -0.121. The predicted molar refractivity (Wildman–Crippen MR) is 99.6 cm³/mol. The number of carbonyl (C=O) groups excluding carboxylic acids is 1. The van der Waals surface area contributed by atoms with Crippen molar-refractivity contribution in [1.82, 2.24) is 0 Å². The fourth-order valence-electron chi connectivity index (χ4n) is 7.59. The van der Waals surface area contributed by atoms with Gasteiger partial charge < -0.3 is 0 Å². The minimum atomic E-state index is 0.225. The Kier molecular flexibility index (Phi) is 3.86. The largest absolute Gasteiger partial charge is 0.295 e. The summed E-state index contributed by atoms with van der Waals surface area (Å²) in [5.74, 6) is 4.08. The quantitative estimate of drug-likeness (QED) is 0.572. The Morgan fingerprint density at radius 3 is 2.75 bits per heavy atom. The standard InChI is InChI=1S/C23H34O/c1-5-6-16-8-10-19-18-9-7-17-13-21(24)15(2)14-23(17,4)20(18)11-12-22(16,19)3/h5,13,15-16,18-20H,1,6-12,14H2,2-4H3/t15-,16+,18+,19+,20+,22-,23+/m1/s1. The maximum Gasteiger partial charge on any atom is 0.158 e. The van der Waals surface area contributed by atoms with Gasteiger partial charge in [0.2, 0.25) is 0 Å². The van der Waals surface area contributed by atoms with Crippen molar-refractivity contribution in [3.05, 3.63) is 24.3 Å². The van der Waals surface area contributed by atoms with Crippen molar-refractivity contribution in [2.45, 2.75) is 72.1 Å². The summed E-state index contributed by atoms with van der Waals surface area (Å²) in [6, 6.07) is 0. The molecule has 3 fully saturated rings. The molecule has 4 aliphatic carbocycles. The summed E-state index contributed by atoms with van der Waals surface area (Å²) in [5.41, 5.74) is 2.34. The summed E-state index contributed by atoms with van der Waals surface area (Å²) in [5, 5.41) is 0. The molecule has 0 spiro atoms. The second-order valence-electron chi connectivity index (χ2n) is 9.85. The molecule has 0 amide bonds. The van der Waals surface area contributed by atoms with Crippen LogP contribution in [-0.2, 0) is 4.79 Å². The van der Waals surface area contributed by atoms with Crippen molar-refractivity contribution >= 4 is 5.78 Å². The normalized spacial score (nSPS) is 50.5. The molecule has 0 aromatic carbocycles. The highest BCUT2D eigenvalue weighted by Crippen LogP contribution is 2.67. The fourth-order valence-corrected chi connectivity index (χ4v) is 7.59. The molecule has 4 aliphatic rings. The average molecular weight is 327 g/mol. The third-order valence-corrected chi connectivity index (χ3v) is 8.92. The van der Waals surface area contributed by atoms with Crippen molar-refractivity contribution in [3.63, 3.8) is 0 Å². The van der Waals surface area contributed by atoms with E-state index >= 15 is 0 Å². The zero-order valence-electron chi connectivity index (χ0n) is 15.8. The molecule has 0 aromatic heterocycles. The van der Waals surface area contributed by atoms with Gasteiger partial charge in [0.15, 0.2) is 5.78 Å². The smallest absolute Gasteiger partial charge is 0.158 e. The van der Waals surface area contributed by atoms with Gasteiger partial charge in [-0.05, 0) is 91.9 Å². The van der Waals surface area contributed by atoms with E-state index in [1.807, 2.05) is 6.08 Å². The van der Waals surface area contributed by atoms with Gasteiger partial charge >= 0.3 is 0 Å². The maximum atomic E-state index is 12.2. The second-order valence-corrected chi connectivity index (χ2v) is 9.85. The molecule has 3 saturated carbocycles. The van der Waals surface area contributed by atoms with Crippen LogP contribution < -0.4 is 0 Å². The van der Waals surface area contributed by atoms with E-state index in [0.717, 1.165) is 30.1 Å². The number of hydrogen-bond acceptors (Lipinski definition) is 1. The van der Waals surface area contributed by atoms with Crippen LogP contribution in [0.15, 0.2) is 24.3 Å². The molecule has 1 nitrogen and oxygen atoms in total. The third kappa shape index (κ3) is 2.15. The molecule has 0 aliphatic heterocycles. The summed E-state index contributed by atoms with van der Waals surface area (Å²) in [6.45, 7) is 11.3. The monoisotopic (exact) mass is 326 g/mol. The van der Waals surface area contributed by atoms with Crippen molar-refractivity contribution in [2.75, 3.05) is 0 Å². The van der Waals surface area contributed by atoms with E-state index in [4.69, 9.17) is 0 Å². The summed E-state index contributed by atoms with van der Waals surface area (Å²) in [7, 11) is 0. The molecule has 7 atom stereocenters. The van der Waals surface area contributed by atoms with Crippen molar-refractivity contribution in [1.29, 1.82) is 0 Å². The van der Waals surface area contributed by atoms with Gasteiger partial charge in [-0.2, -0.15) is 0 Å². The molecule has 0 saturated heterocycles. The zero-order valence-corrected chi connectivity index (χ0v) is 15.8. The Labute approximate surface area is 148 Å². The van der Waals surface area contributed by atoms with E-state index in [2.05, 4.69) is 33.4 Å². The van der Waals surface area contributed by atoms with Crippen LogP contribution in [0.1, 0.15) is 72.1 Å². The highest BCUT2D eigenvalue weighted by molar-refractivity contribution is 5.93. The molecular weight excluding hydrogens is 292 g/mol. The summed E-state index contributed by atoms with van der Waals surface area (Å²) in [6.07, 6.45) is 14.6. The minimum absolute atomic E-state index is 0.225. The van der Waals surface area contributed by atoms with Gasteiger partial charge in [-0.15, -0.1) is 6.58 Å². The number of carbonyl (C=O) groups is 1. The van der Waals surface area contributed by atoms with E-state index in [1.54, 1.807) is 0 Å². The first kappa shape index (κ1) is 16.6. The second kappa shape index (κ2) is 5.58. The molecular formula is C23H34O. The molecule has 0 radical (unpaired) electrons. The Morgan fingerprint density at radius 2 is 2.00 bits per heavy atom. The van der Waals surface area contributed by atoms with Crippen LogP contribution in [0.5, 0.6) is 0 Å². The topological polar surface area (TPSA) is 17.1 Å². The highest BCUT2D eigenvalue weighted by atomic mass is 16.1. The van der Waals surface area contributed by atoms with Crippen LogP contribution in [0, 0.1) is 40.4 Å². The number of allylic oxidation sites excluding steroid dienone is 2. The molecule has 4 rings (SSSR count). The first-order valence-corrected chi connectivity index (χ1v) is 10.3. The molecule has 0 heterocycles. The fraction of sp³-hybridized carbons (Fsp3) is 0.783. The summed E-state index contributed by atoms with van der Waals surface area (Å²) in [4.78, 5) is 12.2. The van der Waals surface area contributed by atoms with Gasteiger partial charge in [0.05, 0.1) is 0 Å². The van der Waals surface area contributed by atoms with E-state index < -0.39 is 0 Å². The van der Waals surface area contributed by atoms with Crippen LogP contribution in [0.4, 0.5) is 0 Å². The van der Waals surface area contributed by atoms with Crippen molar-refractivity contribution in [3.8, 4) is 0 Å². The maximum absolute atomic E-state index is 12.2. The van der Waals surface area contributed by atoms with Crippen LogP contribution in [0.3, 0.4) is 0 Å². The lowest BCUT2D eigenvalue weighted by Gasteiger charge is -2.58. The van der Waals surface area contributed by atoms with Crippen molar-refractivity contribution in [2.24, 2.45) is 40.4 Å². The molecule has 1 heteroatoms. The third-order valence-electron chi connectivity index (χ3n) is 8.92. The van der Waals surface area contributed by atoms with E-state index in [0.29, 0.717) is 16.6 Å². The van der Waals surface area contributed by atoms with Crippen LogP contribution in [0.25, 0.3) is 0 Å². The van der Waals surface area contributed by atoms with E-state index in [1.165, 1.54) is 50.5 Å². The van der Waals surface area contributed by atoms with E-state index in [9.17, 15) is 4.79 Å². The van der Waals surface area contributed by atoms with Gasteiger partial charge in [0, 0.05) is 5.92 Å². The number of fused-ring (bicyclic) bond motifs is 5. The lowest BCUT2D eigenvalue weighted by atomic mass is 9.46. The van der Waals surface area contributed by atoms with Crippen LogP contribution in [-0.4, -0.2) is 5.78 Å². The molecule has 132 valence electrons. The molecule has 0 unspecified atom stereocenters.